The summed E-state index contributed by atoms with van der Waals surface area (Å²) in [4.78, 5) is 66.5. The predicted octanol–water partition coefficient (Wildman–Crippen LogP) is 6.59. The van der Waals surface area contributed by atoms with E-state index in [1.165, 1.54) is 0 Å². The third kappa shape index (κ3) is 12.2. The van der Waals surface area contributed by atoms with Gasteiger partial charge in [0.05, 0.1) is 29.0 Å². The van der Waals surface area contributed by atoms with Gasteiger partial charge >= 0.3 is 0 Å². The van der Waals surface area contributed by atoms with Gasteiger partial charge in [-0.05, 0) is 84.3 Å². The van der Waals surface area contributed by atoms with Gasteiger partial charge in [-0.1, -0.05) is 81.2 Å². The Kier molecular flexibility index (Phi) is 15.5. The van der Waals surface area contributed by atoms with Crippen molar-refractivity contribution >= 4 is 51.1 Å². The number of carbonyl (C=O) groups is 5. The van der Waals surface area contributed by atoms with Crippen LogP contribution < -0.4 is 9.47 Å². The number of rotatable bonds is 14. The molecule has 2 aromatic heterocycles. The van der Waals surface area contributed by atoms with Crippen LogP contribution in [0.3, 0.4) is 0 Å². The molecule has 12 heteroatoms. The summed E-state index contributed by atoms with van der Waals surface area (Å²) in [6, 6.07) is 22.0. The molecule has 0 bridgehead atoms. The lowest BCUT2D eigenvalue weighted by Crippen LogP contribution is -2.14. The highest BCUT2D eigenvalue weighted by Gasteiger charge is 2.32. The second-order valence-corrected chi connectivity index (χ2v) is 14.8. The number of nitrogens with zero attached hydrogens (tertiary/aromatic N) is 2. The number of ketones is 3. The molecule has 2 aliphatic rings. The van der Waals surface area contributed by atoms with Gasteiger partial charge in [-0.15, -0.1) is 0 Å². The smallest absolute Gasteiger partial charge is 0.218 e. The zero-order valence-electron chi connectivity index (χ0n) is 29.0. The highest BCUT2D eigenvalue weighted by Crippen LogP contribution is 2.29. The molecule has 4 aromatic rings. The summed E-state index contributed by atoms with van der Waals surface area (Å²) in [5.74, 6) is 1.04. The van der Waals surface area contributed by atoms with Gasteiger partial charge in [0.15, 0.2) is 28.4 Å². The maximum absolute atomic E-state index is 12.1. The number of benzene rings is 2. The lowest BCUT2D eigenvalue weighted by atomic mass is 10.1. The molecule has 278 valence electrons. The lowest BCUT2D eigenvalue weighted by molar-refractivity contribution is -0.122. The number of Topliss-reactive ketones (excluding diaryl/α,β-unsaturated/α-hetero) is 3. The molecule has 0 radical (unpaired) electrons. The van der Waals surface area contributed by atoms with E-state index in [1.54, 1.807) is 30.6 Å². The summed E-state index contributed by atoms with van der Waals surface area (Å²) < 4.78 is 11.2. The highest BCUT2D eigenvalue weighted by molar-refractivity contribution is 8.15. The molecule has 4 heterocycles. The van der Waals surface area contributed by atoms with Crippen molar-refractivity contribution in [2.24, 2.45) is 0 Å². The summed E-state index contributed by atoms with van der Waals surface area (Å²) in [6.45, 7) is 4.12. The first-order valence-electron chi connectivity index (χ1n) is 17.1. The van der Waals surface area contributed by atoms with E-state index in [4.69, 9.17) is 9.47 Å². The van der Waals surface area contributed by atoms with Crippen LogP contribution in [-0.4, -0.2) is 66.4 Å². The van der Waals surface area contributed by atoms with E-state index < -0.39 is 6.10 Å². The second kappa shape index (κ2) is 20.0. The van der Waals surface area contributed by atoms with Crippen molar-refractivity contribution in [1.29, 1.82) is 0 Å². The molecule has 10 nitrogen and oxygen atoms in total. The van der Waals surface area contributed by atoms with Crippen LogP contribution in [0.4, 0.5) is 0 Å². The number of ether oxygens (including phenoxy) is 2. The zero-order valence-corrected chi connectivity index (χ0v) is 30.6. The largest absolute Gasteiger partial charge is 0.490 e. The minimum Gasteiger partial charge on any atom is -0.490 e. The van der Waals surface area contributed by atoms with E-state index in [0.717, 1.165) is 58.6 Å². The first kappa shape index (κ1) is 41.1. The van der Waals surface area contributed by atoms with Crippen LogP contribution in [0.2, 0.25) is 0 Å². The van der Waals surface area contributed by atoms with E-state index in [1.807, 2.05) is 61.5 Å². The van der Waals surface area contributed by atoms with Crippen LogP contribution in [0.25, 0.3) is 0 Å². The molecule has 2 aromatic carbocycles. The lowest BCUT2D eigenvalue weighted by Gasteiger charge is -2.13. The molecule has 1 N–H and O–H groups in total. The molecule has 2 unspecified atom stereocenters. The Hall–Kier alpha value is -4.65. The number of carbonyl (C=O) groups excluding carboxylic acids is 5. The fourth-order valence-electron chi connectivity index (χ4n) is 5.35. The minimum absolute atomic E-state index is 0. The monoisotopic (exact) mass is 756 g/mol. The van der Waals surface area contributed by atoms with Gasteiger partial charge in [-0.2, -0.15) is 0 Å². The predicted molar refractivity (Wildman–Crippen MR) is 207 cm³/mol. The summed E-state index contributed by atoms with van der Waals surface area (Å²) in [6.07, 6.45) is 5.62. The Labute approximate surface area is 318 Å². The molecule has 3 atom stereocenters. The normalized spacial score (nSPS) is 17.1. The highest BCUT2D eigenvalue weighted by atomic mass is 32.2. The van der Waals surface area contributed by atoms with Gasteiger partial charge in [0.1, 0.15) is 29.9 Å². The van der Waals surface area contributed by atoms with Gasteiger partial charge < -0.3 is 14.6 Å². The molecule has 53 heavy (non-hydrogen) atoms. The van der Waals surface area contributed by atoms with E-state index in [9.17, 15) is 29.1 Å². The summed E-state index contributed by atoms with van der Waals surface area (Å²) in [7, 11) is 0. The molecule has 6 rings (SSSR count). The maximum Gasteiger partial charge on any atom is 0.218 e. The van der Waals surface area contributed by atoms with Crippen LogP contribution in [0, 0.1) is 0 Å². The SMILES string of the molecule is C.CCc1ccc(C(=O)COc2ccc(CC3SC(=O)CC3=O)cc2)nc1.CCc1ccc([C@@H](O)COc2ccc(CC3SC(=O)CC3=O)cc2)nc1. The summed E-state index contributed by atoms with van der Waals surface area (Å²) in [5, 5.41) is 9.53. The number of aliphatic hydroxyl groups excluding tert-OH is 1. The quantitative estimate of drug-likeness (QED) is 0.109. The molecule has 0 amide bonds. The van der Waals surface area contributed by atoms with E-state index >= 15 is 0 Å². The van der Waals surface area contributed by atoms with E-state index in [0.29, 0.717) is 35.7 Å². The van der Waals surface area contributed by atoms with Gasteiger partial charge in [0.25, 0.3) is 0 Å². The Morgan fingerprint density at radius 3 is 1.58 bits per heavy atom. The average molecular weight is 757 g/mol. The standard InChI is InChI=1S/C20H21NO4S.C20H19NO4S.CH4/c2*1-2-13-5-8-16(21-11-13)18(23)12-25-15-6-3-14(4-7-15)9-19-17(22)10-20(24)26-19;/h3-8,11,18-19,23H,2,9-10,12H2,1H3;3-8,11,19H,2,9-10,12H2,1H3;1H4/t18-,19?;;/m0../s1. The number of thioether (sulfide) groups is 2. The number of aryl methyl sites for hydroxylation is 2. The maximum atomic E-state index is 12.1. The Bertz CT molecular complexity index is 1860. The van der Waals surface area contributed by atoms with Crippen LogP contribution in [0.5, 0.6) is 11.5 Å². The molecule has 0 saturated carbocycles. The number of pyridine rings is 2. The number of aromatic nitrogens is 2. The van der Waals surface area contributed by atoms with Gasteiger partial charge in [0.2, 0.25) is 5.78 Å². The molecule has 2 saturated heterocycles. The molecular formula is C41H44N2O8S2. The van der Waals surface area contributed by atoms with Crippen LogP contribution in [0.15, 0.2) is 85.2 Å². The van der Waals surface area contributed by atoms with Crippen molar-refractivity contribution in [1.82, 2.24) is 9.97 Å². The van der Waals surface area contributed by atoms with Crippen molar-refractivity contribution in [3.05, 3.63) is 119 Å². The average Bonchev–Trinajstić information content (AvgIpc) is 3.66. The summed E-state index contributed by atoms with van der Waals surface area (Å²) in [5.41, 5.74) is 5.12. The van der Waals surface area contributed by atoms with Gasteiger partial charge in [-0.3, -0.25) is 33.9 Å². The fraction of sp³-hybridized carbons (Fsp3) is 0.341. The third-order valence-corrected chi connectivity index (χ3v) is 10.7. The number of hydrogen-bond acceptors (Lipinski definition) is 12. The van der Waals surface area contributed by atoms with Gasteiger partial charge in [0, 0.05) is 12.4 Å². The van der Waals surface area contributed by atoms with Gasteiger partial charge in [-0.25, -0.2) is 0 Å². The fourth-order valence-corrected chi connectivity index (χ4v) is 7.42. The van der Waals surface area contributed by atoms with E-state index in [-0.39, 0.29) is 71.6 Å². The van der Waals surface area contributed by atoms with Crippen molar-refractivity contribution in [3.8, 4) is 11.5 Å². The minimum atomic E-state index is -0.792. The van der Waals surface area contributed by atoms with Crippen molar-refractivity contribution in [2.45, 2.75) is 76.4 Å². The molecule has 2 fully saturated rings. The van der Waals surface area contributed by atoms with Crippen molar-refractivity contribution in [2.75, 3.05) is 13.2 Å². The van der Waals surface area contributed by atoms with Crippen LogP contribution in [-0.2, 0) is 44.9 Å². The van der Waals surface area contributed by atoms with Crippen LogP contribution in [0.1, 0.15) is 78.7 Å². The first-order chi connectivity index (χ1) is 25.1. The topological polar surface area (TPSA) is 150 Å². The van der Waals surface area contributed by atoms with Crippen molar-refractivity contribution < 1.29 is 38.6 Å². The Morgan fingerprint density at radius 1 is 0.698 bits per heavy atom. The number of aliphatic hydroxyl groups is 1. The number of hydrogen-bond donors (Lipinski definition) is 1. The van der Waals surface area contributed by atoms with E-state index in [2.05, 4.69) is 16.9 Å². The van der Waals surface area contributed by atoms with Crippen molar-refractivity contribution in [3.63, 3.8) is 0 Å². The zero-order chi connectivity index (χ0) is 37.0. The Morgan fingerprint density at radius 2 is 1.17 bits per heavy atom. The third-order valence-electron chi connectivity index (χ3n) is 8.49. The van der Waals surface area contributed by atoms with Crippen LogP contribution >= 0.6 is 23.5 Å². The summed E-state index contributed by atoms with van der Waals surface area (Å²) >= 11 is 2.24. The second-order valence-electron chi connectivity index (χ2n) is 12.3. The molecule has 2 aliphatic heterocycles. The molecular weight excluding hydrogens is 713 g/mol. The molecule has 0 aliphatic carbocycles. The Balaban J connectivity index is 0.000000232. The first-order valence-corrected chi connectivity index (χ1v) is 18.8. The molecule has 0 spiro atoms.